The van der Waals surface area contributed by atoms with E-state index in [1.165, 1.54) is 6.92 Å². The van der Waals surface area contributed by atoms with Gasteiger partial charge in [0.25, 0.3) is 0 Å². The Balaban J connectivity index is 1.54. The van der Waals surface area contributed by atoms with Gasteiger partial charge in [-0.15, -0.1) is 0 Å². The third kappa shape index (κ3) is 5.99. The van der Waals surface area contributed by atoms with Crippen LogP contribution in [0.25, 0.3) is 10.9 Å². The van der Waals surface area contributed by atoms with Gasteiger partial charge in [0.2, 0.25) is 0 Å². The Hall–Kier alpha value is -2.99. The lowest BCUT2D eigenvalue weighted by Gasteiger charge is -2.51. The average Bonchev–Trinajstić information content (AvgIpc) is 2.84. The number of fused-ring (bicyclic) bond motifs is 4. The second-order valence-electron chi connectivity index (χ2n) is 10.1. The molecule has 1 aromatic heterocycles. The minimum absolute atomic E-state index is 0.113. The van der Waals surface area contributed by atoms with Gasteiger partial charge in [0, 0.05) is 37.0 Å². The van der Waals surface area contributed by atoms with Crippen LogP contribution < -0.4 is 4.74 Å². The SMILES string of the molecule is COc1ccc2nccc([C@H](OC(C)=O)C3CC4CCN3CC4/C=C\C=C\C(=O)CC(C)C)c2c1. The molecule has 0 spiro atoms. The molecular formula is C29H36N2O4. The first-order valence-electron chi connectivity index (χ1n) is 12.6. The van der Waals surface area contributed by atoms with Gasteiger partial charge in [-0.1, -0.05) is 32.1 Å². The Morgan fingerprint density at radius 3 is 2.74 bits per heavy atom. The highest BCUT2D eigenvalue weighted by molar-refractivity contribution is 5.90. The molecule has 0 saturated carbocycles. The van der Waals surface area contributed by atoms with Crippen LogP contribution in [-0.4, -0.2) is 47.9 Å². The average molecular weight is 477 g/mol. The minimum atomic E-state index is -0.369. The number of rotatable bonds is 9. The van der Waals surface area contributed by atoms with Gasteiger partial charge in [0.15, 0.2) is 5.78 Å². The Kier molecular flexibility index (Phi) is 8.01. The molecule has 1 aromatic carbocycles. The molecular weight excluding hydrogens is 440 g/mol. The maximum absolute atomic E-state index is 12.2. The van der Waals surface area contributed by atoms with E-state index in [0.717, 1.165) is 48.1 Å². The van der Waals surface area contributed by atoms with Crippen molar-refractivity contribution in [2.75, 3.05) is 20.2 Å². The number of methoxy groups -OCH3 is 1. The molecule has 3 aliphatic rings. The summed E-state index contributed by atoms with van der Waals surface area (Å²) >= 11 is 0. The summed E-state index contributed by atoms with van der Waals surface area (Å²) in [6.45, 7) is 7.50. The highest BCUT2D eigenvalue weighted by Gasteiger charge is 2.44. The van der Waals surface area contributed by atoms with Crippen LogP contribution in [0.3, 0.4) is 0 Å². The number of benzene rings is 1. The number of ether oxygens (including phenoxy) is 2. The van der Waals surface area contributed by atoms with E-state index in [4.69, 9.17) is 9.47 Å². The molecule has 4 heterocycles. The zero-order valence-electron chi connectivity index (χ0n) is 21.1. The standard InChI is InChI=1S/C29H36N2O4/c1-19(2)15-23(33)8-6-5-7-22-18-31-14-12-21(22)16-28(31)29(35-20(3)32)25-11-13-30-27-10-9-24(34-4)17-26(25)27/h5-11,13,17,19,21-22,28-29H,12,14-16,18H2,1-4H3/b7-5-,8-6+/t21?,22?,28?,29-/m0/s1. The number of pyridine rings is 1. The molecule has 3 aliphatic heterocycles. The Morgan fingerprint density at radius 2 is 2.06 bits per heavy atom. The number of piperidine rings is 3. The second-order valence-corrected chi connectivity index (χ2v) is 10.1. The zero-order valence-corrected chi connectivity index (χ0v) is 21.1. The van der Waals surface area contributed by atoms with Gasteiger partial charge >= 0.3 is 5.97 Å². The predicted molar refractivity (Wildman–Crippen MR) is 137 cm³/mol. The van der Waals surface area contributed by atoms with E-state index in [-0.39, 0.29) is 23.9 Å². The molecule has 4 unspecified atom stereocenters. The predicted octanol–water partition coefficient (Wildman–Crippen LogP) is 5.29. The van der Waals surface area contributed by atoms with Gasteiger partial charge in [0.1, 0.15) is 11.9 Å². The quantitative estimate of drug-likeness (QED) is 0.278. The largest absolute Gasteiger partial charge is 0.497 e. The van der Waals surface area contributed by atoms with E-state index < -0.39 is 0 Å². The van der Waals surface area contributed by atoms with Gasteiger partial charge in [0.05, 0.1) is 18.7 Å². The molecule has 0 amide bonds. The Bertz CT molecular complexity index is 1120. The van der Waals surface area contributed by atoms with Crippen molar-refractivity contribution in [3.8, 4) is 5.75 Å². The Labute approximate surface area is 208 Å². The lowest BCUT2D eigenvalue weighted by Crippen LogP contribution is -2.55. The Morgan fingerprint density at radius 1 is 1.23 bits per heavy atom. The highest BCUT2D eigenvalue weighted by atomic mass is 16.5. The normalized spacial score (nSPS) is 24.9. The lowest BCUT2D eigenvalue weighted by molar-refractivity contribution is -0.154. The fourth-order valence-corrected chi connectivity index (χ4v) is 5.53. The number of carbonyl (C=O) groups is 2. The van der Waals surface area contributed by atoms with Crippen molar-refractivity contribution in [1.29, 1.82) is 0 Å². The van der Waals surface area contributed by atoms with Crippen molar-refractivity contribution < 1.29 is 19.1 Å². The molecule has 3 fully saturated rings. The van der Waals surface area contributed by atoms with Crippen LogP contribution in [0.15, 0.2) is 54.8 Å². The van der Waals surface area contributed by atoms with Gasteiger partial charge in [-0.05, 0) is 67.5 Å². The summed E-state index contributed by atoms with van der Waals surface area (Å²) in [6.07, 6.45) is 11.9. The van der Waals surface area contributed by atoms with Crippen LogP contribution in [0.2, 0.25) is 0 Å². The molecule has 186 valence electrons. The zero-order chi connectivity index (χ0) is 24.9. The third-order valence-corrected chi connectivity index (χ3v) is 7.14. The van der Waals surface area contributed by atoms with Crippen LogP contribution in [0.1, 0.15) is 51.7 Å². The van der Waals surface area contributed by atoms with Crippen LogP contribution in [0, 0.1) is 17.8 Å². The maximum Gasteiger partial charge on any atom is 0.303 e. The first-order chi connectivity index (χ1) is 16.9. The van der Waals surface area contributed by atoms with Gasteiger partial charge in [-0.2, -0.15) is 0 Å². The summed E-state index contributed by atoms with van der Waals surface area (Å²) in [5.41, 5.74) is 1.83. The maximum atomic E-state index is 12.2. The number of esters is 1. The summed E-state index contributed by atoms with van der Waals surface area (Å²) < 4.78 is 11.4. The van der Waals surface area contributed by atoms with Crippen LogP contribution >= 0.6 is 0 Å². The van der Waals surface area contributed by atoms with Crippen molar-refractivity contribution in [2.45, 2.75) is 52.2 Å². The van der Waals surface area contributed by atoms with Crippen molar-refractivity contribution in [3.05, 3.63) is 60.3 Å². The summed E-state index contributed by atoms with van der Waals surface area (Å²) in [5.74, 6) is 1.96. The fraction of sp³-hybridized carbons (Fsp3) is 0.483. The summed E-state index contributed by atoms with van der Waals surface area (Å²) in [6, 6.07) is 7.89. The van der Waals surface area contributed by atoms with E-state index in [1.807, 2.05) is 36.4 Å². The molecule has 0 radical (unpaired) electrons. The molecule has 5 atom stereocenters. The van der Waals surface area contributed by atoms with Gasteiger partial charge in [-0.3, -0.25) is 19.5 Å². The molecule has 2 bridgehead atoms. The lowest BCUT2D eigenvalue weighted by atomic mass is 9.73. The van der Waals surface area contributed by atoms with Crippen molar-refractivity contribution >= 4 is 22.7 Å². The molecule has 6 nitrogen and oxygen atoms in total. The van der Waals surface area contributed by atoms with Crippen molar-refractivity contribution in [3.63, 3.8) is 0 Å². The number of carbonyl (C=O) groups excluding carboxylic acids is 2. The highest BCUT2D eigenvalue weighted by Crippen LogP contribution is 2.43. The van der Waals surface area contributed by atoms with E-state index in [0.29, 0.717) is 24.2 Å². The topological polar surface area (TPSA) is 68.7 Å². The number of ketones is 1. The monoisotopic (exact) mass is 476 g/mol. The van der Waals surface area contributed by atoms with Crippen LogP contribution in [0.5, 0.6) is 5.75 Å². The van der Waals surface area contributed by atoms with E-state index in [9.17, 15) is 9.59 Å². The number of nitrogens with zero attached hydrogens (tertiary/aromatic N) is 2. The second kappa shape index (κ2) is 11.2. The fourth-order valence-electron chi connectivity index (χ4n) is 5.53. The smallest absolute Gasteiger partial charge is 0.303 e. The van der Waals surface area contributed by atoms with E-state index >= 15 is 0 Å². The van der Waals surface area contributed by atoms with Crippen LogP contribution in [-0.2, 0) is 14.3 Å². The summed E-state index contributed by atoms with van der Waals surface area (Å²) in [7, 11) is 1.65. The van der Waals surface area contributed by atoms with E-state index in [2.05, 4.69) is 29.8 Å². The first-order valence-corrected chi connectivity index (χ1v) is 12.6. The van der Waals surface area contributed by atoms with E-state index in [1.54, 1.807) is 19.4 Å². The molecule has 35 heavy (non-hydrogen) atoms. The number of hydrogen-bond donors (Lipinski definition) is 0. The van der Waals surface area contributed by atoms with Gasteiger partial charge < -0.3 is 9.47 Å². The molecule has 3 saturated heterocycles. The van der Waals surface area contributed by atoms with Crippen molar-refractivity contribution in [1.82, 2.24) is 9.88 Å². The molecule has 6 heteroatoms. The number of allylic oxidation sites excluding steroid dienone is 3. The van der Waals surface area contributed by atoms with Gasteiger partial charge in [-0.25, -0.2) is 0 Å². The molecule has 2 aromatic rings. The molecule has 0 aliphatic carbocycles. The third-order valence-electron chi connectivity index (χ3n) is 7.14. The van der Waals surface area contributed by atoms with Crippen molar-refractivity contribution in [2.24, 2.45) is 17.8 Å². The summed E-state index contributed by atoms with van der Waals surface area (Å²) in [4.78, 5) is 31.1. The first kappa shape index (κ1) is 25.1. The number of aromatic nitrogens is 1. The van der Waals surface area contributed by atoms with Crippen LogP contribution in [0.4, 0.5) is 0 Å². The number of hydrogen-bond acceptors (Lipinski definition) is 6. The minimum Gasteiger partial charge on any atom is -0.497 e. The summed E-state index contributed by atoms with van der Waals surface area (Å²) in [5, 5.41) is 0.952. The molecule has 5 rings (SSSR count). The molecule has 0 N–H and O–H groups in total.